The summed E-state index contributed by atoms with van der Waals surface area (Å²) in [6, 6.07) is 14.7. The van der Waals surface area contributed by atoms with Crippen LogP contribution in [0.5, 0.6) is 0 Å². The van der Waals surface area contributed by atoms with Crippen molar-refractivity contribution < 1.29 is 9.53 Å². The summed E-state index contributed by atoms with van der Waals surface area (Å²) in [6.45, 7) is 10.9. The van der Waals surface area contributed by atoms with Crippen molar-refractivity contribution >= 4 is 11.6 Å². The van der Waals surface area contributed by atoms with Crippen LogP contribution in [0.25, 0.3) is 11.1 Å². The van der Waals surface area contributed by atoms with Crippen LogP contribution < -0.4 is 27.2 Å². The lowest BCUT2D eigenvalue weighted by atomic mass is 9.95. The molecule has 0 aliphatic carbocycles. The number of nitrogens with two attached hydrogens (primary N) is 1. The molecule has 0 spiro atoms. The Balaban J connectivity index is 1.63. The molecule has 1 aliphatic heterocycles. The molecule has 40 heavy (non-hydrogen) atoms. The van der Waals surface area contributed by atoms with Gasteiger partial charge in [-0.05, 0) is 86.1 Å². The highest BCUT2D eigenvalue weighted by atomic mass is 16.5. The van der Waals surface area contributed by atoms with E-state index in [1.807, 2.05) is 32.9 Å². The molecule has 214 valence electrons. The maximum atomic E-state index is 13.6. The van der Waals surface area contributed by atoms with Crippen LogP contribution in [0.4, 0.5) is 5.69 Å². The summed E-state index contributed by atoms with van der Waals surface area (Å²) in [4.78, 5) is 28.9. The number of carbonyl (C=O) groups is 1. The summed E-state index contributed by atoms with van der Waals surface area (Å²) in [6.07, 6.45) is 3.08. The van der Waals surface area contributed by atoms with Crippen molar-refractivity contribution in [2.45, 2.75) is 72.2 Å². The second-order valence-corrected chi connectivity index (χ2v) is 10.8. The van der Waals surface area contributed by atoms with E-state index in [-0.39, 0.29) is 30.2 Å². The number of ether oxygens (including phenoxy) is 1. The smallest absolute Gasteiger partial charge is 0.253 e. The second kappa shape index (κ2) is 13.7. The fraction of sp³-hybridized carbons (Fsp3) is 0.438. The minimum Gasteiger partial charge on any atom is -0.382 e. The van der Waals surface area contributed by atoms with E-state index in [1.54, 1.807) is 0 Å². The standard InChI is InChI=1S/C32H43N5O3/c1-5-27-17-26(10-13-40-27)37-30-16-25(24-8-6-23(7-9-24)18-34-12-11-33)15-28(22(30)4)31(38)35-19-29-20(2)14-21(3)36-32(29)39/h6-9,14-16,26-27,34,37H,5,10-13,17-19,33H2,1-4H3,(H,35,38)(H,36,39). The maximum absolute atomic E-state index is 13.6. The molecule has 0 radical (unpaired) electrons. The predicted octanol–water partition coefficient (Wildman–Crippen LogP) is 4.31. The zero-order chi connectivity index (χ0) is 28.6. The Morgan fingerprint density at radius 3 is 2.55 bits per heavy atom. The summed E-state index contributed by atoms with van der Waals surface area (Å²) < 4.78 is 5.88. The van der Waals surface area contributed by atoms with E-state index in [0.717, 1.165) is 72.6 Å². The third-order valence-corrected chi connectivity index (χ3v) is 7.69. The van der Waals surface area contributed by atoms with Crippen LogP contribution in [0, 0.1) is 20.8 Å². The van der Waals surface area contributed by atoms with Gasteiger partial charge in [0.2, 0.25) is 0 Å². The molecular weight excluding hydrogens is 502 g/mol. The maximum Gasteiger partial charge on any atom is 0.253 e. The van der Waals surface area contributed by atoms with E-state index in [4.69, 9.17) is 10.5 Å². The van der Waals surface area contributed by atoms with E-state index in [0.29, 0.717) is 17.7 Å². The number of aryl methyl sites for hydroxylation is 2. The number of hydrogen-bond acceptors (Lipinski definition) is 6. The number of amides is 1. The number of nitrogens with one attached hydrogen (secondary N) is 4. The molecule has 0 bridgehead atoms. The molecule has 1 saturated heterocycles. The first kappa shape index (κ1) is 29.5. The van der Waals surface area contributed by atoms with Crippen LogP contribution >= 0.6 is 0 Å². The van der Waals surface area contributed by atoms with E-state index >= 15 is 0 Å². The lowest BCUT2D eigenvalue weighted by Gasteiger charge is -2.31. The predicted molar refractivity (Wildman–Crippen MR) is 162 cm³/mol. The number of aromatic amines is 1. The molecule has 1 amide bonds. The molecule has 1 aliphatic rings. The van der Waals surface area contributed by atoms with Crippen molar-refractivity contribution in [3.8, 4) is 11.1 Å². The van der Waals surface area contributed by atoms with Crippen LogP contribution in [0.15, 0.2) is 47.3 Å². The third-order valence-electron chi connectivity index (χ3n) is 7.69. The molecule has 2 heterocycles. The molecule has 2 unspecified atom stereocenters. The van der Waals surface area contributed by atoms with Gasteiger partial charge in [0, 0.05) is 61.3 Å². The Bertz CT molecular complexity index is 1370. The average Bonchev–Trinajstić information content (AvgIpc) is 2.94. The van der Waals surface area contributed by atoms with E-state index in [9.17, 15) is 9.59 Å². The first-order chi connectivity index (χ1) is 19.3. The number of H-pyrrole nitrogens is 1. The van der Waals surface area contributed by atoms with Gasteiger partial charge in [0.15, 0.2) is 0 Å². The molecule has 4 rings (SSSR count). The minimum atomic E-state index is -0.206. The number of pyridine rings is 1. The van der Waals surface area contributed by atoms with Crippen molar-refractivity contribution in [2.75, 3.05) is 25.0 Å². The van der Waals surface area contributed by atoms with Gasteiger partial charge in [0.05, 0.1) is 6.10 Å². The second-order valence-electron chi connectivity index (χ2n) is 10.8. The van der Waals surface area contributed by atoms with Crippen molar-refractivity contribution in [1.82, 2.24) is 15.6 Å². The minimum absolute atomic E-state index is 0.162. The molecule has 8 heteroatoms. The number of aromatic nitrogens is 1. The van der Waals surface area contributed by atoms with Crippen molar-refractivity contribution in [2.24, 2.45) is 5.73 Å². The fourth-order valence-corrected chi connectivity index (χ4v) is 5.30. The SMILES string of the molecule is CCC1CC(Nc2cc(-c3ccc(CNCCN)cc3)cc(C(=O)NCc3c(C)cc(C)[nH]c3=O)c2C)CCO1. The van der Waals surface area contributed by atoms with Gasteiger partial charge in [-0.25, -0.2) is 0 Å². The zero-order valence-corrected chi connectivity index (χ0v) is 24.2. The van der Waals surface area contributed by atoms with Gasteiger partial charge in [-0.15, -0.1) is 0 Å². The van der Waals surface area contributed by atoms with Crippen LogP contribution in [-0.4, -0.2) is 42.7 Å². The Morgan fingerprint density at radius 1 is 1.07 bits per heavy atom. The van der Waals surface area contributed by atoms with E-state index in [1.165, 1.54) is 5.56 Å². The molecule has 1 aromatic heterocycles. The molecule has 1 fully saturated rings. The quantitative estimate of drug-likeness (QED) is 0.229. The van der Waals surface area contributed by atoms with Crippen molar-refractivity contribution in [3.05, 3.63) is 86.3 Å². The first-order valence-corrected chi connectivity index (χ1v) is 14.3. The van der Waals surface area contributed by atoms with Crippen LogP contribution in [0.2, 0.25) is 0 Å². The fourth-order valence-electron chi connectivity index (χ4n) is 5.30. The molecule has 8 nitrogen and oxygen atoms in total. The Labute approximate surface area is 237 Å². The number of hydrogen-bond donors (Lipinski definition) is 5. The highest BCUT2D eigenvalue weighted by molar-refractivity contribution is 5.98. The van der Waals surface area contributed by atoms with Gasteiger partial charge in [0.25, 0.3) is 11.5 Å². The number of carbonyl (C=O) groups excluding carboxylic acids is 1. The highest BCUT2D eigenvalue weighted by Gasteiger charge is 2.23. The van der Waals surface area contributed by atoms with Crippen LogP contribution in [0.1, 0.15) is 64.5 Å². The lowest BCUT2D eigenvalue weighted by Crippen LogP contribution is -2.34. The van der Waals surface area contributed by atoms with Crippen molar-refractivity contribution in [3.63, 3.8) is 0 Å². The molecule has 6 N–H and O–H groups in total. The van der Waals surface area contributed by atoms with Crippen LogP contribution in [0.3, 0.4) is 0 Å². The lowest BCUT2D eigenvalue weighted by molar-refractivity contribution is 0.00924. The summed E-state index contributed by atoms with van der Waals surface area (Å²) in [7, 11) is 0. The number of rotatable bonds is 11. The molecular formula is C32H43N5O3. The third kappa shape index (κ3) is 7.38. The van der Waals surface area contributed by atoms with Gasteiger partial charge in [0.1, 0.15) is 0 Å². The topological polar surface area (TPSA) is 121 Å². The monoisotopic (exact) mass is 545 g/mol. The van der Waals surface area contributed by atoms with Gasteiger partial charge < -0.3 is 31.4 Å². The largest absolute Gasteiger partial charge is 0.382 e. The summed E-state index contributed by atoms with van der Waals surface area (Å²) in [5, 5.41) is 10.0. The Kier molecular flexibility index (Phi) is 10.1. The first-order valence-electron chi connectivity index (χ1n) is 14.3. The number of benzene rings is 2. The molecule has 2 atom stereocenters. The summed E-state index contributed by atoms with van der Waals surface area (Å²) in [5.74, 6) is -0.206. The Hall–Kier alpha value is -3.46. The molecule has 0 saturated carbocycles. The average molecular weight is 546 g/mol. The Morgan fingerprint density at radius 2 is 1.85 bits per heavy atom. The summed E-state index contributed by atoms with van der Waals surface area (Å²) >= 11 is 0. The van der Waals surface area contributed by atoms with Gasteiger partial charge in [-0.3, -0.25) is 9.59 Å². The highest BCUT2D eigenvalue weighted by Crippen LogP contribution is 2.31. The van der Waals surface area contributed by atoms with Gasteiger partial charge in [-0.2, -0.15) is 0 Å². The van der Waals surface area contributed by atoms with E-state index < -0.39 is 0 Å². The van der Waals surface area contributed by atoms with Gasteiger partial charge in [-0.1, -0.05) is 31.2 Å². The van der Waals surface area contributed by atoms with Crippen LogP contribution in [-0.2, 0) is 17.8 Å². The summed E-state index contributed by atoms with van der Waals surface area (Å²) in [5.41, 5.74) is 13.2. The normalized spacial score (nSPS) is 17.0. The van der Waals surface area contributed by atoms with Gasteiger partial charge >= 0.3 is 0 Å². The molecule has 2 aromatic carbocycles. The number of anilines is 1. The van der Waals surface area contributed by atoms with Crippen molar-refractivity contribution in [1.29, 1.82) is 0 Å². The van der Waals surface area contributed by atoms with E-state index in [2.05, 4.69) is 58.2 Å². The zero-order valence-electron chi connectivity index (χ0n) is 24.2. The molecule has 3 aromatic rings.